The summed E-state index contributed by atoms with van der Waals surface area (Å²) in [7, 11) is 0. The van der Waals surface area contributed by atoms with E-state index in [2.05, 4.69) is 0 Å². The number of alkyl halides is 14. The SMILES string of the molecule is CCC(F)(F)C(F)(F)C(F)(F)CCC(F)(F)C(F)(F)C(F)(F)C(F)F. The zero-order valence-electron chi connectivity index (χ0n) is 12.0. The smallest absolute Gasteiger partial charge is 0.203 e. The molecule has 0 atom stereocenters. The number of rotatable bonds is 9. The van der Waals surface area contributed by atoms with Crippen molar-refractivity contribution in [2.75, 3.05) is 0 Å². The van der Waals surface area contributed by atoms with Crippen LogP contribution in [0.3, 0.4) is 0 Å². The highest BCUT2D eigenvalue weighted by atomic mass is 19.4. The summed E-state index contributed by atoms with van der Waals surface area (Å²) in [6, 6.07) is 0. The predicted octanol–water partition coefficient (Wildman–Crippen LogP) is 6.25. The van der Waals surface area contributed by atoms with Crippen LogP contribution in [0.15, 0.2) is 0 Å². The lowest BCUT2D eigenvalue weighted by atomic mass is 9.93. The maximum absolute atomic E-state index is 13.1. The standard InChI is InChI=1S/C11H10F14/c1-2-6(14,15)10(22,23)7(16,17)3-4-8(18,19)11(24,25)9(20,21)5(12)13/h5H,2-4H2,1H3. The fraction of sp³-hybridized carbons (Fsp3) is 1.00. The Morgan fingerprint density at radius 2 is 0.880 bits per heavy atom. The fourth-order valence-corrected chi connectivity index (χ4v) is 1.50. The van der Waals surface area contributed by atoms with Crippen LogP contribution >= 0.6 is 0 Å². The largest absolute Gasteiger partial charge is 0.377 e. The third-order valence-corrected chi connectivity index (χ3v) is 3.27. The van der Waals surface area contributed by atoms with Gasteiger partial charge < -0.3 is 0 Å². The predicted molar refractivity (Wildman–Crippen MR) is 55.2 cm³/mol. The van der Waals surface area contributed by atoms with Crippen LogP contribution in [0.4, 0.5) is 61.5 Å². The molecule has 0 nitrogen and oxygen atoms in total. The van der Waals surface area contributed by atoms with Crippen molar-refractivity contribution in [3.8, 4) is 0 Å². The first kappa shape index (κ1) is 24.0. The molecule has 0 bridgehead atoms. The summed E-state index contributed by atoms with van der Waals surface area (Å²) in [6.45, 7) is 0.329. The highest BCUT2D eigenvalue weighted by molar-refractivity contribution is 5.01. The average molecular weight is 408 g/mol. The van der Waals surface area contributed by atoms with E-state index in [9.17, 15) is 61.5 Å². The van der Waals surface area contributed by atoms with Gasteiger partial charge in [-0.05, 0) is 0 Å². The lowest BCUT2D eigenvalue weighted by Crippen LogP contribution is -2.59. The first-order valence-corrected chi connectivity index (χ1v) is 6.26. The molecule has 0 saturated heterocycles. The van der Waals surface area contributed by atoms with Crippen molar-refractivity contribution in [3.63, 3.8) is 0 Å². The molecule has 0 spiro atoms. The van der Waals surface area contributed by atoms with E-state index < -0.39 is 61.2 Å². The van der Waals surface area contributed by atoms with E-state index in [0.717, 1.165) is 0 Å². The molecule has 25 heavy (non-hydrogen) atoms. The van der Waals surface area contributed by atoms with Crippen molar-refractivity contribution in [3.05, 3.63) is 0 Å². The summed E-state index contributed by atoms with van der Waals surface area (Å²) >= 11 is 0. The second-order valence-electron chi connectivity index (χ2n) is 5.04. The molecule has 0 rings (SSSR count). The Bertz CT molecular complexity index is 452. The average Bonchev–Trinajstić information content (AvgIpc) is 2.44. The summed E-state index contributed by atoms with van der Waals surface area (Å²) in [5, 5.41) is 0. The van der Waals surface area contributed by atoms with Crippen LogP contribution in [-0.2, 0) is 0 Å². The second kappa shape index (κ2) is 6.63. The highest BCUT2D eigenvalue weighted by Crippen LogP contribution is 2.54. The van der Waals surface area contributed by atoms with Gasteiger partial charge in [-0.3, -0.25) is 0 Å². The van der Waals surface area contributed by atoms with Gasteiger partial charge >= 0.3 is 42.0 Å². The molecule has 0 aliphatic carbocycles. The molecule has 0 aromatic rings. The first-order chi connectivity index (χ1) is 10.7. The summed E-state index contributed by atoms with van der Waals surface area (Å²) in [4.78, 5) is 0. The Kier molecular flexibility index (Phi) is 6.37. The van der Waals surface area contributed by atoms with Crippen molar-refractivity contribution in [1.29, 1.82) is 0 Å². The normalized spacial score (nSPS) is 15.8. The lowest BCUT2D eigenvalue weighted by molar-refractivity contribution is -0.347. The van der Waals surface area contributed by atoms with Crippen molar-refractivity contribution in [2.45, 2.75) is 68.1 Å². The molecule has 0 saturated carbocycles. The van der Waals surface area contributed by atoms with Crippen LogP contribution in [0.5, 0.6) is 0 Å². The maximum Gasteiger partial charge on any atom is 0.377 e. The van der Waals surface area contributed by atoms with Crippen LogP contribution in [-0.4, -0.2) is 42.0 Å². The monoisotopic (exact) mass is 408 g/mol. The number of hydrogen-bond donors (Lipinski definition) is 0. The molecule has 0 fully saturated rings. The summed E-state index contributed by atoms with van der Waals surface area (Å²) in [6.07, 6.45) is -13.5. The van der Waals surface area contributed by atoms with Crippen molar-refractivity contribution in [2.24, 2.45) is 0 Å². The van der Waals surface area contributed by atoms with Crippen molar-refractivity contribution < 1.29 is 61.5 Å². The van der Waals surface area contributed by atoms with Crippen LogP contribution in [0.1, 0.15) is 26.2 Å². The van der Waals surface area contributed by atoms with E-state index in [1.54, 1.807) is 0 Å². The zero-order chi connectivity index (χ0) is 20.7. The third kappa shape index (κ3) is 3.91. The molecule has 0 heterocycles. The summed E-state index contributed by atoms with van der Waals surface area (Å²) in [5.41, 5.74) is 0. The molecule has 0 amide bonds. The van der Waals surface area contributed by atoms with E-state index in [1.165, 1.54) is 0 Å². The van der Waals surface area contributed by atoms with E-state index in [1.807, 2.05) is 0 Å². The Morgan fingerprint density at radius 1 is 0.560 bits per heavy atom. The number of halogens is 14. The van der Waals surface area contributed by atoms with Crippen LogP contribution < -0.4 is 0 Å². The summed E-state index contributed by atoms with van der Waals surface area (Å²) in [5.74, 6) is -37.6. The quantitative estimate of drug-likeness (QED) is 0.396. The molecule has 0 N–H and O–H groups in total. The van der Waals surface area contributed by atoms with Gasteiger partial charge in [0, 0.05) is 19.3 Å². The fourth-order valence-electron chi connectivity index (χ4n) is 1.50. The molecule has 0 aromatic heterocycles. The van der Waals surface area contributed by atoms with E-state index in [4.69, 9.17) is 0 Å². The van der Waals surface area contributed by atoms with Gasteiger partial charge in [0.15, 0.2) is 0 Å². The first-order valence-electron chi connectivity index (χ1n) is 6.26. The minimum Gasteiger partial charge on any atom is -0.203 e. The van der Waals surface area contributed by atoms with Crippen LogP contribution in [0, 0.1) is 0 Å². The van der Waals surface area contributed by atoms with E-state index in [0.29, 0.717) is 6.92 Å². The van der Waals surface area contributed by atoms with E-state index >= 15 is 0 Å². The van der Waals surface area contributed by atoms with Crippen molar-refractivity contribution in [1.82, 2.24) is 0 Å². The van der Waals surface area contributed by atoms with Gasteiger partial charge in [-0.15, -0.1) is 0 Å². The van der Waals surface area contributed by atoms with Gasteiger partial charge in [0.05, 0.1) is 0 Å². The maximum atomic E-state index is 13.1. The van der Waals surface area contributed by atoms with Crippen molar-refractivity contribution >= 4 is 0 Å². The molecule has 152 valence electrons. The molecule has 14 heteroatoms. The summed E-state index contributed by atoms with van der Waals surface area (Å²) < 4.78 is 178. The van der Waals surface area contributed by atoms with Gasteiger partial charge in [0.25, 0.3) is 0 Å². The second-order valence-corrected chi connectivity index (χ2v) is 5.04. The molecule has 0 aromatic carbocycles. The Hall–Kier alpha value is -0.980. The topological polar surface area (TPSA) is 0 Å². The van der Waals surface area contributed by atoms with Gasteiger partial charge in [-0.25, -0.2) is 8.78 Å². The Morgan fingerprint density at radius 3 is 1.16 bits per heavy atom. The molecule has 0 unspecified atom stereocenters. The zero-order valence-corrected chi connectivity index (χ0v) is 12.0. The molecular formula is C11H10F14. The lowest BCUT2D eigenvalue weighted by Gasteiger charge is -2.35. The van der Waals surface area contributed by atoms with Gasteiger partial charge in [0.2, 0.25) is 0 Å². The molecular weight excluding hydrogens is 398 g/mol. The Labute approximate surface area is 131 Å². The third-order valence-electron chi connectivity index (χ3n) is 3.27. The number of hydrogen-bond acceptors (Lipinski definition) is 0. The van der Waals surface area contributed by atoms with Crippen LogP contribution in [0.2, 0.25) is 0 Å². The molecule has 0 aliphatic heterocycles. The minimum absolute atomic E-state index is 0.329. The highest BCUT2D eigenvalue weighted by Gasteiger charge is 2.76. The van der Waals surface area contributed by atoms with E-state index in [-0.39, 0.29) is 0 Å². The molecule has 0 aliphatic rings. The Balaban J connectivity index is 5.54. The van der Waals surface area contributed by atoms with Gasteiger partial charge in [-0.1, -0.05) is 6.92 Å². The van der Waals surface area contributed by atoms with Crippen LogP contribution in [0.25, 0.3) is 0 Å². The minimum atomic E-state index is -6.90. The van der Waals surface area contributed by atoms with Gasteiger partial charge in [-0.2, -0.15) is 52.7 Å². The molecule has 0 radical (unpaired) electrons. The van der Waals surface area contributed by atoms with Gasteiger partial charge in [0.1, 0.15) is 0 Å².